The van der Waals surface area contributed by atoms with Gasteiger partial charge in [0.05, 0.1) is 11.4 Å². The number of nitrogens with one attached hydrogen (secondary N) is 1. The third-order valence-electron chi connectivity index (χ3n) is 6.97. The van der Waals surface area contributed by atoms with Crippen LogP contribution in [-0.4, -0.2) is 72.4 Å². The lowest BCUT2D eigenvalue weighted by Crippen LogP contribution is -2.47. The molecule has 1 atom stereocenters. The highest BCUT2D eigenvalue weighted by Crippen LogP contribution is 2.46. The predicted octanol–water partition coefficient (Wildman–Crippen LogP) is 4.89. The van der Waals surface area contributed by atoms with Gasteiger partial charge in [-0.2, -0.15) is 0 Å². The molecule has 0 saturated carbocycles. The molecule has 184 valence electrons. The van der Waals surface area contributed by atoms with Crippen molar-refractivity contribution in [2.45, 2.75) is 69.6 Å². The van der Waals surface area contributed by atoms with Crippen LogP contribution in [0, 0.1) is 0 Å². The third kappa shape index (κ3) is 8.04. The van der Waals surface area contributed by atoms with Crippen LogP contribution in [0.4, 0.5) is 0 Å². The number of hydrogen-bond donors (Lipinski definition) is 1. The molecule has 1 N–H and O–H groups in total. The van der Waals surface area contributed by atoms with Gasteiger partial charge in [0.2, 0.25) is 5.91 Å². The van der Waals surface area contributed by atoms with Gasteiger partial charge in [-0.15, -0.1) is 11.8 Å². The van der Waals surface area contributed by atoms with Crippen LogP contribution in [0.5, 0.6) is 0 Å². The first kappa shape index (κ1) is 26.1. The summed E-state index contributed by atoms with van der Waals surface area (Å²) in [7, 11) is 0. The highest BCUT2D eigenvalue weighted by molar-refractivity contribution is 8.05. The minimum Gasteiger partial charge on any atom is -0.496 e. The van der Waals surface area contributed by atoms with Gasteiger partial charge < -0.3 is 19.9 Å². The fourth-order valence-corrected chi connectivity index (χ4v) is 6.22. The summed E-state index contributed by atoms with van der Waals surface area (Å²) in [6.45, 7) is 19.0. The van der Waals surface area contributed by atoms with Crippen LogP contribution in [0.15, 0.2) is 47.6 Å². The highest BCUT2D eigenvalue weighted by atomic mass is 32.2. The third-order valence-corrected chi connectivity index (χ3v) is 8.09. The molecule has 0 aromatic heterocycles. The van der Waals surface area contributed by atoms with Gasteiger partial charge in [0.1, 0.15) is 5.76 Å². The lowest BCUT2D eigenvalue weighted by atomic mass is 10.00. The van der Waals surface area contributed by atoms with E-state index in [1.54, 1.807) is 11.8 Å². The molecule has 2 fully saturated rings. The van der Waals surface area contributed by atoms with Crippen LogP contribution in [0.2, 0.25) is 0 Å². The number of amides is 1. The lowest BCUT2D eigenvalue weighted by molar-refractivity contribution is -0.121. The Morgan fingerprint density at radius 2 is 2.00 bits per heavy atom. The van der Waals surface area contributed by atoms with E-state index in [0.29, 0.717) is 19.6 Å². The number of likely N-dealkylation sites (tertiary alicyclic amines) is 2. The summed E-state index contributed by atoms with van der Waals surface area (Å²) in [5, 5.41) is 3.06. The molecule has 3 heterocycles. The second kappa shape index (κ2) is 12.8. The molecule has 1 amide bonds. The van der Waals surface area contributed by atoms with Crippen LogP contribution < -0.4 is 5.32 Å². The molecule has 33 heavy (non-hydrogen) atoms. The van der Waals surface area contributed by atoms with Crippen molar-refractivity contribution in [3.63, 3.8) is 0 Å². The average Bonchev–Trinajstić information content (AvgIpc) is 3.10. The van der Waals surface area contributed by atoms with Crippen LogP contribution in [0.25, 0.3) is 0 Å². The Morgan fingerprint density at radius 3 is 2.70 bits per heavy atom. The second-order valence-electron chi connectivity index (χ2n) is 9.75. The summed E-state index contributed by atoms with van der Waals surface area (Å²) >= 11 is 1.70. The van der Waals surface area contributed by atoms with Crippen LogP contribution in [0.1, 0.15) is 58.8 Å². The molecule has 0 aromatic rings. The lowest BCUT2D eigenvalue weighted by Gasteiger charge is -2.40. The summed E-state index contributed by atoms with van der Waals surface area (Å²) in [4.78, 5) is 18.5. The number of allylic oxidation sites excluding steroid dienone is 3. The number of thioether (sulfide) groups is 1. The first-order valence-corrected chi connectivity index (χ1v) is 13.5. The van der Waals surface area contributed by atoms with Crippen LogP contribution >= 0.6 is 11.8 Å². The number of hydrogen-bond acceptors (Lipinski definition) is 5. The SMILES string of the molecule is C=C/C(C)=C/C1(C)SC(=C)C=C1OCCCNC(=O)CCN1CCC(N2CCCCC2)CC1. The van der Waals surface area contributed by atoms with Crippen molar-refractivity contribution >= 4 is 17.7 Å². The number of carbonyl (C=O) groups is 1. The summed E-state index contributed by atoms with van der Waals surface area (Å²) in [6, 6.07) is 0.763. The van der Waals surface area contributed by atoms with Gasteiger partial charge in [-0.3, -0.25) is 4.79 Å². The molecular formula is C27H43N3O2S. The van der Waals surface area contributed by atoms with Gasteiger partial charge in [-0.05, 0) is 78.2 Å². The molecule has 0 aromatic carbocycles. The van der Waals surface area contributed by atoms with E-state index in [4.69, 9.17) is 4.74 Å². The van der Waals surface area contributed by atoms with Crippen molar-refractivity contribution < 1.29 is 9.53 Å². The second-order valence-corrected chi connectivity index (χ2v) is 11.3. The van der Waals surface area contributed by atoms with Crippen molar-refractivity contribution in [2.75, 3.05) is 45.9 Å². The topological polar surface area (TPSA) is 44.8 Å². The molecule has 3 aliphatic heterocycles. The largest absolute Gasteiger partial charge is 0.496 e. The molecule has 6 heteroatoms. The first-order chi connectivity index (χ1) is 15.9. The van der Waals surface area contributed by atoms with E-state index in [2.05, 4.69) is 41.3 Å². The molecule has 2 saturated heterocycles. The Kier molecular flexibility index (Phi) is 10.1. The zero-order valence-corrected chi connectivity index (χ0v) is 21.6. The van der Waals surface area contributed by atoms with Crippen molar-refractivity contribution in [3.05, 3.63) is 47.6 Å². The zero-order chi connectivity index (χ0) is 23.7. The van der Waals surface area contributed by atoms with Crippen LogP contribution in [-0.2, 0) is 9.53 Å². The molecule has 3 rings (SSSR count). The quantitative estimate of drug-likeness (QED) is 0.342. The number of carbonyl (C=O) groups excluding carboxylic acids is 1. The fraction of sp³-hybridized carbons (Fsp3) is 0.667. The van der Waals surface area contributed by atoms with Crippen LogP contribution in [0.3, 0.4) is 0 Å². The first-order valence-electron chi connectivity index (χ1n) is 12.7. The molecule has 0 spiro atoms. The number of nitrogens with zero attached hydrogens (tertiary/aromatic N) is 2. The highest BCUT2D eigenvalue weighted by Gasteiger charge is 2.35. The summed E-state index contributed by atoms with van der Waals surface area (Å²) in [5.74, 6) is 1.07. The molecule has 3 aliphatic rings. The Balaban J connectivity index is 1.27. The number of piperidine rings is 2. The predicted molar refractivity (Wildman–Crippen MR) is 140 cm³/mol. The minimum atomic E-state index is -0.236. The monoisotopic (exact) mass is 473 g/mol. The number of ether oxygens (including phenoxy) is 1. The molecule has 0 radical (unpaired) electrons. The van der Waals surface area contributed by atoms with Gasteiger partial charge in [0.25, 0.3) is 0 Å². The van der Waals surface area contributed by atoms with E-state index in [0.717, 1.165) is 48.3 Å². The smallest absolute Gasteiger partial charge is 0.221 e. The molecule has 5 nitrogen and oxygen atoms in total. The van der Waals surface area contributed by atoms with Crippen molar-refractivity contribution in [2.24, 2.45) is 0 Å². The van der Waals surface area contributed by atoms with Gasteiger partial charge >= 0.3 is 0 Å². The maximum atomic E-state index is 12.3. The van der Waals surface area contributed by atoms with Gasteiger partial charge in [0, 0.05) is 30.5 Å². The van der Waals surface area contributed by atoms with E-state index in [9.17, 15) is 4.79 Å². The van der Waals surface area contributed by atoms with E-state index in [-0.39, 0.29) is 10.7 Å². The maximum absolute atomic E-state index is 12.3. The molecule has 1 unspecified atom stereocenters. The fourth-order valence-electron chi connectivity index (χ4n) is 5.04. The van der Waals surface area contributed by atoms with Gasteiger partial charge in [-0.25, -0.2) is 0 Å². The number of rotatable bonds is 11. The molecule has 0 bridgehead atoms. The maximum Gasteiger partial charge on any atom is 0.221 e. The Labute approximate surface area is 205 Å². The average molecular weight is 474 g/mol. The van der Waals surface area contributed by atoms with Crippen molar-refractivity contribution in [1.82, 2.24) is 15.1 Å². The Hall–Kier alpha value is -1.50. The Morgan fingerprint density at radius 1 is 1.27 bits per heavy atom. The van der Waals surface area contributed by atoms with Gasteiger partial charge in [-0.1, -0.05) is 37.3 Å². The summed E-state index contributed by atoms with van der Waals surface area (Å²) in [6.07, 6.45) is 14.1. The zero-order valence-electron chi connectivity index (χ0n) is 20.7. The minimum absolute atomic E-state index is 0.145. The molecule has 0 aliphatic carbocycles. The normalized spacial score (nSPS) is 25.7. The van der Waals surface area contributed by atoms with E-state index in [1.807, 2.05) is 19.1 Å². The summed E-state index contributed by atoms with van der Waals surface area (Å²) in [5.41, 5.74) is 1.12. The van der Waals surface area contributed by atoms with E-state index < -0.39 is 0 Å². The van der Waals surface area contributed by atoms with Gasteiger partial charge in [0.15, 0.2) is 0 Å². The van der Waals surface area contributed by atoms with Crippen molar-refractivity contribution in [1.29, 1.82) is 0 Å². The van der Waals surface area contributed by atoms with Crippen molar-refractivity contribution in [3.8, 4) is 0 Å². The summed E-state index contributed by atoms with van der Waals surface area (Å²) < 4.78 is 5.83. The Bertz CT molecular complexity index is 748. The van der Waals surface area contributed by atoms with E-state index >= 15 is 0 Å². The van der Waals surface area contributed by atoms with E-state index in [1.165, 1.54) is 45.2 Å². The molecular weight excluding hydrogens is 430 g/mol. The standard InChI is InChI=1S/C27H43N3O2S/c1-5-22(2)21-27(4)25(20-23(3)33-27)32-19-9-13-28-26(31)12-18-29-16-10-24(11-17-29)30-14-7-6-8-15-30/h5,20-21,24H,1,3,6-19H2,2,4H3,(H,28,31)/b22-21+.